The third-order valence-corrected chi connectivity index (χ3v) is 6.54. The van der Waals surface area contributed by atoms with E-state index in [1.165, 1.54) is 0 Å². The van der Waals surface area contributed by atoms with Crippen LogP contribution in [-0.4, -0.2) is 44.0 Å². The zero-order chi connectivity index (χ0) is 26.1. The van der Waals surface area contributed by atoms with Crippen LogP contribution in [0.2, 0.25) is 10.0 Å². The number of nitrogens with zero attached hydrogens (tertiary/aromatic N) is 1. The number of hydrogen-bond acceptors (Lipinski definition) is 4. The SMILES string of the molecule is CNC(=O)[C@H](Cc1ccccc1)N(Cc1ccc(Cl)cc1Cl)C(=O)CCc1ccc(OC)c(OC)c1. The van der Waals surface area contributed by atoms with Gasteiger partial charge < -0.3 is 19.7 Å². The highest BCUT2D eigenvalue weighted by molar-refractivity contribution is 6.35. The number of benzene rings is 3. The molecule has 0 fully saturated rings. The van der Waals surface area contributed by atoms with Gasteiger partial charge in [0.15, 0.2) is 11.5 Å². The van der Waals surface area contributed by atoms with Crippen molar-refractivity contribution in [1.29, 1.82) is 0 Å². The van der Waals surface area contributed by atoms with E-state index in [4.69, 9.17) is 32.7 Å². The molecule has 0 spiro atoms. The van der Waals surface area contributed by atoms with Crippen LogP contribution in [0.3, 0.4) is 0 Å². The summed E-state index contributed by atoms with van der Waals surface area (Å²) < 4.78 is 10.7. The molecule has 0 radical (unpaired) electrons. The van der Waals surface area contributed by atoms with Crippen LogP contribution >= 0.6 is 23.2 Å². The van der Waals surface area contributed by atoms with Gasteiger partial charge in [0.1, 0.15) is 6.04 Å². The monoisotopic (exact) mass is 528 g/mol. The van der Waals surface area contributed by atoms with Gasteiger partial charge in [-0.25, -0.2) is 0 Å². The molecule has 3 aromatic carbocycles. The molecule has 190 valence electrons. The first-order valence-corrected chi connectivity index (χ1v) is 12.3. The van der Waals surface area contributed by atoms with Gasteiger partial charge in [-0.3, -0.25) is 9.59 Å². The lowest BCUT2D eigenvalue weighted by Crippen LogP contribution is -2.49. The molecule has 0 bridgehead atoms. The topological polar surface area (TPSA) is 67.9 Å². The molecule has 6 nitrogen and oxygen atoms in total. The van der Waals surface area contributed by atoms with Gasteiger partial charge in [0.25, 0.3) is 0 Å². The molecule has 0 heterocycles. The average molecular weight is 529 g/mol. The maximum atomic E-state index is 13.6. The molecule has 0 aliphatic heterocycles. The number of rotatable bonds is 11. The Morgan fingerprint density at radius 3 is 2.28 bits per heavy atom. The number of likely N-dealkylation sites (N-methyl/N-ethyl adjacent to an activating group) is 1. The number of ether oxygens (including phenoxy) is 2. The van der Waals surface area contributed by atoms with Crippen molar-refractivity contribution in [2.75, 3.05) is 21.3 Å². The maximum absolute atomic E-state index is 13.6. The number of methoxy groups -OCH3 is 2. The van der Waals surface area contributed by atoms with Gasteiger partial charge in [-0.05, 0) is 47.4 Å². The fourth-order valence-electron chi connectivity index (χ4n) is 3.99. The highest BCUT2D eigenvalue weighted by Gasteiger charge is 2.30. The second kappa shape index (κ2) is 13.2. The van der Waals surface area contributed by atoms with E-state index in [2.05, 4.69) is 5.32 Å². The van der Waals surface area contributed by atoms with Crippen molar-refractivity contribution in [3.05, 3.63) is 93.5 Å². The average Bonchev–Trinajstić information content (AvgIpc) is 2.90. The van der Waals surface area contributed by atoms with E-state index < -0.39 is 6.04 Å². The number of halogens is 2. The Bertz CT molecular complexity index is 1190. The van der Waals surface area contributed by atoms with E-state index in [0.29, 0.717) is 39.9 Å². The van der Waals surface area contributed by atoms with Crippen molar-refractivity contribution in [2.45, 2.75) is 31.8 Å². The molecular formula is C28H30Cl2N2O4. The second-order valence-electron chi connectivity index (χ2n) is 8.27. The first kappa shape index (κ1) is 27.4. The summed E-state index contributed by atoms with van der Waals surface area (Å²) in [5.41, 5.74) is 2.58. The first-order valence-electron chi connectivity index (χ1n) is 11.6. The molecule has 8 heteroatoms. The van der Waals surface area contributed by atoms with Crippen molar-refractivity contribution in [1.82, 2.24) is 10.2 Å². The molecule has 36 heavy (non-hydrogen) atoms. The Balaban J connectivity index is 1.90. The summed E-state index contributed by atoms with van der Waals surface area (Å²) in [7, 11) is 4.72. The fourth-order valence-corrected chi connectivity index (χ4v) is 4.45. The van der Waals surface area contributed by atoms with Crippen LogP contribution in [-0.2, 0) is 29.0 Å². The van der Waals surface area contributed by atoms with Gasteiger partial charge in [-0.1, -0.05) is 65.7 Å². The molecule has 2 amide bonds. The molecule has 0 unspecified atom stereocenters. The van der Waals surface area contributed by atoms with Crippen molar-refractivity contribution in [2.24, 2.45) is 0 Å². The van der Waals surface area contributed by atoms with Crippen LogP contribution < -0.4 is 14.8 Å². The minimum Gasteiger partial charge on any atom is -0.493 e. The number of carbonyl (C=O) groups is 2. The molecule has 0 aromatic heterocycles. The van der Waals surface area contributed by atoms with Crippen molar-refractivity contribution < 1.29 is 19.1 Å². The fraction of sp³-hybridized carbons (Fsp3) is 0.286. The van der Waals surface area contributed by atoms with Gasteiger partial charge >= 0.3 is 0 Å². The number of hydrogen-bond donors (Lipinski definition) is 1. The predicted molar refractivity (Wildman–Crippen MR) is 143 cm³/mol. The molecule has 0 saturated carbocycles. The van der Waals surface area contributed by atoms with E-state index in [9.17, 15) is 9.59 Å². The van der Waals surface area contributed by atoms with Crippen molar-refractivity contribution in [3.63, 3.8) is 0 Å². The lowest BCUT2D eigenvalue weighted by Gasteiger charge is -2.31. The van der Waals surface area contributed by atoms with E-state index in [1.54, 1.807) is 44.4 Å². The molecular weight excluding hydrogens is 499 g/mol. The van der Waals surface area contributed by atoms with E-state index in [0.717, 1.165) is 11.1 Å². The second-order valence-corrected chi connectivity index (χ2v) is 9.11. The summed E-state index contributed by atoms with van der Waals surface area (Å²) in [4.78, 5) is 28.3. The summed E-state index contributed by atoms with van der Waals surface area (Å²) in [5, 5.41) is 3.66. The summed E-state index contributed by atoms with van der Waals surface area (Å²) in [6.45, 7) is 0.172. The Labute approximate surface area is 222 Å². The van der Waals surface area contributed by atoms with E-state index in [-0.39, 0.29) is 24.8 Å². The molecule has 0 aliphatic rings. The molecule has 3 rings (SSSR count). The van der Waals surface area contributed by atoms with Crippen LogP contribution in [0.1, 0.15) is 23.1 Å². The van der Waals surface area contributed by atoms with Crippen LogP contribution in [0.25, 0.3) is 0 Å². The minimum atomic E-state index is -0.720. The normalized spacial score (nSPS) is 11.5. The maximum Gasteiger partial charge on any atom is 0.242 e. The Kier molecular flexibility index (Phi) is 10.0. The highest BCUT2D eigenvalue weighted by atomic mass is 35.5. The van der Waals surface area contributed by atoms with Crippen LogP contribution in [0.4, 0.5) is 0 Å². The standard InChI is InChI=1S/C28H30Cl2N2O4/c1-31-28(34)24(15-19-7-5-4-6-8-19)32(18-21-11-12-22(29)17-23(21)30)27(33)14-10-20-9-13-25(35-2)26(16-20)36-3/h4-9,11-13,16-17,24H,10,14-15,18H2,1-3H3,(H,31,34)/t24-/m0/s1. The smallest absolute Gasteiger partial charge is 0.242 e. The zero-order valence-corrected chi connectivity index (χ0v) is 22.1. The predicted octanol–water partition coefficient (Wildman–Crippen LogP) is 5.33. The zero-order valence-electron chi connectivity index (χ0n) is 20.6. The number of carbonyl (C=O) groups excluding carboxylic acids is 2. The summed E-state index contributed by atoms with van der Waals surface area (Å²) in [5.74, 6) is 0.803. The number of aryl methyl sites for hydroxylation is 1. The number of nitrogens with one attached hydrogen (secondary N) is 1. The first-order chi connectivity index (χ1) is 17.4. The summed E-state index contributed by atoms with van der Waals surface area (Å²) >= 11 is 12.5. The number of amides is 2. The largest absolute Gasteiger partial charge is 0.493 e. The summed E-state index contributed by atoms with van der Waals surface area (Å²) in [6, 6.07) is 19.6. The Hall–Kier alpha value is -3.22. The van der Waals surface area contributed by atoms with Crippen molar-refractivity contribution >= 4 is 35.0 Å². The lowest BCUT2D eigenvalue weighted by molar-refractivity contribution is -0.141. The molecule has 1 N–H and O–H groups in total. The summed E-state index contributed by atoms with van der Waals surface area (Å²) in [6.07, 6.45) is 1.03. The Morgan fingerprint density at radius 2 is 1.64 bits per heavy atom. The quantitative estimate of drug-likeness (QED) is 0.365. The lowest BCUT2D eigenvalue weighted by atomic mass is 10.0. The molecule has 1 atom stereocenters. The van der Waals surface area contributed by atoms with Crippen LogP contribution in [0, 0.1) is 0 Å². The highest BCUT2D eigenvalue weighted by Crippen LogP contribution is 2.29. The van der Waals surface area contributed by atoms with E-state index >= 15 is 0 Å². The molecule has 3 aromatic rings. The minimum absolute atomic E-state index is 0.166. The molecule has 0 saturated heterocycles. The third kappa shape index (κ3) is 7.15. The van der Waals surface area contributed by atoms with Gasteiger partial charge in [-0.15, -0.1) is 0 Å². The van der Waals surface area contributed by atoms with Crippen molar-refractivity contribution in [3.8, 4) is 11.5 Å². The Morgan fingerprint density at radius 1 is 0.917 bits per heavy atom. The van der Waals surface area contributed by atoms with Gasteiger partial charge in [-0.2, -0.15) is 0 Å². The molecule has 0 aliphatic carbocycles. The van der Waals surface area contributed by atoms with E-state index in [1.807, 2.05) is 48.5 Å². The van der Waals surface area contributed by atoms with Crippen LogP contribution in [0.15, 0.2) is 66.7 Å². The van der Waals surface area contributed by atoms with Gasteiger partial charge in [0, 0.05) is 36.5 Å². The van der Waals surface area contributed by atoms with Gasteiger partial charge in [0.05, 0.1) is 14.2 Å². The third-order valence-electron chi connectivity index (χ3n) is 5.95. The van der Waals surface area contributed by atoms with Gasteiger partial charge in [0.2, 0.25) is 11.8 Å². The van der Waals surface area contributed by atoms with Crippen LogP contribution in [0.5, 0.6) is 11.5 Å².